The first-order chi connectivity index (χ1) is 8.66. The van der Waals surface area contributed by atoms with Crippen molar-refractivity contribution in [3.63, 3.8) is 0 Å². The van der Waals surface area contributed by atoms with Gasteiger partial charge in [-0.15, -0.1) is 0 Å². The number of furan rings is 1. The fraction of sp³-hybridized carbons (Fsp3) is 0.615. The molecule has 0 spiro atoms. The van der Waals surface area contributed by atoms with E-state index in [1.807, 2.05) is 24.0 Å². The molecule has 1 aromatic heterocycles. The van der Waals surface area contributed by atoms with Crippen molar-refractivity contribution in [2.24, 2.45) is 0 Å². The third-order valence-electron chi connectivity index (χ3n) is 3.39. The van der Waals surface area contributed by atoms with Gasteiger partial charge in [-0.05, 0) is 26.1 Å². The molecule has 0 saturated carbocycles. The fourth-order valence-corrected chi connectivity index (χ4v) is 2.05. The van der Waals surface area contributed by atoms with Crippen molar-refractivity contribution in [3.8, 4) is 0 Å². The van der Waals surface area contributed by atoms with E-state index in [0.29, 0.717) is 6.54 Å². The predicted molar refractivity (Wildman–Crippen MR) is 69.2 cm³/mol. The van der Waals surface area contributed by atoms with E-state index in [9.17, 15) is 4.79 Å². The van der Waals surface area contributed by atoms with Crippen molar-refractivity contribution >= 4 is 5.91 Å². The van der Waals surface area contributed by atoms with Crippen LogP contribution in [-0.2, 0) is 4.79 Å². The number of hydrogen-bond acceptors (Lipinski definition) is 4. The molecule has 5 nitrogen and oxygen atoms in total. The van der Waals surface area contributed by atoms with E-state index < -0.39 is 0 Å². The molecule has 1 amide bonds. The van der Waals surface area contributed by atoms with E-state index in [1.165, 1.54) is 0 Å². The Morgan fingerprint density at radius 2 is 2.17 bits per heavy atom. The molecule has 1 aromatic rings. The van der Waals surface area contributed by atoms with Gasteiger partial charge in [0.2, 0.25) is 5.91 Å². The van der Waals surface area contributed by atoms with Gasteiger partial charge in [0.1, 0.15) is 5.76 Å². The maximum atomic E-state index is 12.0. The van der Waals surface area contributed by atoms with Gasteiger partial charge < -0.3 is 14.2 Å². The Hall–Kier alpha value is -1.33. The van der Waals surface area contributed by atoms with Crippen LogP contribution in [0.3, 0.4) is 0 Å². The van der Waals surface area contributed by atoms with Crippen molar-refractivity contribution in [3.05, 3.63) is 24.2 Å². The van der Waals surface area contributed by atoms with Gasteiger partial charge in [-0.25, -0.2) is 0 Å². The maximum absolute atomic E-state index is 12.0. The van der Waals surface area contributed by atoms with Crippen molar-refractivity contribution in [2.75, 3.05) is 39.8 Å². The first-order valence-corrected chi connectivity index (χ1v) is 6.40. The van der Waals surface area contributed by atoms with Crippen LogP contribution in [0.2, 0.25) is 0 Å². The lowest BCUT2D eigenvalue weighted by Crippen LogP contribution is -2.49. The zero-order valence-corrected chi connectivity index (χ0v) is 11.1. The minimum atomic E-state index is 0.0661. The number of nitrogens with one attached hydrogen (secondary N) is 1. The Morgan fingerprint density at radius 3 is 2.78 bits per heavy atom. The number of likely N-dealkylation sites (N-methyl/N-ethyl adjacent to an activating group) is 1. The van der Waals surface area contributed by atoms with Crippen LogP contribution in [0, 0.1) is 0 Å². The molecule has 1 aliphatic rings. The highest BCUT2D eigenvalue weighted by Gasteiger charge is 2.19. The zero-order chi connectivity index (χ0) is 13.0. The summed E-state index contributed by atoms with van der Waals surface area (Å²) in [5.41, 5.74) is 0. The monoisotopic (exact) mass is 251 g/mol. The Balaban J connectivity index is 1.75. The summed E-state index contributed by atoms with van der Waals surface area (Å²) in [6.07, 6.45) is 1.65. The number of nitrogens with zero attached hydrogens (tertiary/aromatic N) is 2. The Bertz CT molecular complexity index is 370. The molecule has 0 bridgehead atoms. The van der Waals surface area contributed by atoms with Gasteiger partial charge in [-0.3, -0.25) is 10.1 Å². The molecule has 100 valence electrons. The second-order valence-corrected chi connectivity index (χ2v) is 4.80. The van der Waals surface area contributed by atoms with E-state index in [2.05, 4.69) is 17.3 Å². The van der Waals surface area contributed by atoms with E-state index in [-0.39, 0.29) is 11.9 Å². The van der Waals surface area contributed by atoms with Crippen molar-refractivity contribution in [1.82, 2.24) is 15.1 Å². The molecule has 0 aromatic carbocycles. The number of piperazine rings is 1. The van der Waals surface area contributed by atoms with Gasteiger partial charge in [0, 0.05) is 26.2 Å². The Labute approximate surface area is 108 Å². The number of hydrogen-bond donors (Lipinski definition) is 1. The van der Waals surface area contributed by atoms with E-state index in [1.54, 1.807) is 6.26 Å². The normalized spacial score (nSPS) is 18.9. The molecule has 1 aliphatic heterocycles. The SMILES string of the molecule is C[C@@H](NCC(=O)N1CCN(C)CC1)c1ccco1. The molecule has 5 heteroatoms. The summed E-state index contributed by atoms with van der Waals surface area (Å²) in [4.78, 5) is 16.2. The van der Waals surface area contributed by atoms with Crippen LogP contribution in [0.1, 0.15) is 18.7 Å². The average Bonchev–Trinajstić information content (AvgIpc) is 2.90. The lowest BCUT2D eigenvalue weighted by molar-refractivity contribution is -0.131. The zero-order valence-electron chi connectivity index (χ0n) is 11.1. The molecule has 0 unspecified atom stereocenters. The van der Waals surface area contributed by atoms with Crippen LogP contribution in [0.25, 0.3) is 0 Å². The van der Waals surface area contributed by atoms with Crippen LogP contribution >= 0.6 is 0 Å². The first kappa shape index (κ1) is 13.1. The summed E-state index contributed by atoms with van der Waals surface area (Å²) < 4.78 is 5.29. The number of carbonyl (C=O) groups excluding carboxylic acids is 1. The second kappa shape index (κ2) is 6.02. The van der Waals surface area contributed by atoms with E-state index in [4.69, 9.17) is 4.42 Å². The first-order valence-electron chi connectivity index (χ1n) is 6.40. The predicted octanol–water partition coefficient (Wildman–Crippen LogP) is 0.704. The van der Waals surface area contributed by atoms with Crippen LogP contribution < -0.4 is 5.32 Å². The molecule has 1 fully saturated rings. The quantitative estimate of drug-likeness (QED) is 0.856. The highest BCUT2D eigenvalue weighted by Crippen LogP contribution is 2.11. The summed E-state index contributed by atoms with van der Waals surface area (Å²) in [7, 11) is 2.08. The fourth-order valence-electron chi connectivity index (χ4n) is 2.05. The summed E-state index contributed by atoms with van der Waals surface area (Å²) in [5, 5.41) is 3.19. The second-order valence-electron chi connectivity index (χ2n) is 4.80. The molecule has 1 N–H and O–H groups in total. The van der Waals surface area contributed by atoms with Gasteiger partial charge in [0.25, 0.3) is 0 Å². The smallest absolute Gasteiger partial charge is 0.236 e. The standard InChI is InChI=1S/C13H21N3O2/c1-11(12-4-3-9-18-12)14-10-13(17)16-7-5-15(2)6-8-16/h3-4,9,11,14H,5-8,10H2,1-2H3/t11-/m1/s1. The van der Waals surface area contributed by atoms with Crippen molar-refractivity contribution in [2.45, 2.75) is 13.0 Å². The van der Waals surface area contributed by atoms with Crippen molar-refractivity contribution in [1.29, 1.82) is 0 Å². The minimum absolute atomic E-state index is 0.0661. The molecule has 0 aliphatic carbocycles. The third kappa shape index (κ3) is 3.34. The number of rotatable bonds is 4. The van der Waals surface area contributed by atoms with Crippen molar-refractivity contribution < 1.29 is 9.21 Å². The maximum Gasteiger partial charge on any atom is 0.236 e. The van der Waals surface area contributed by atoms with Gasteiger partial charge in [0.05, 0.1) is 18.8 Å². The van der Waals surface area contributed by atoms with Crippen LogP contribution in [-0.4, -0.2) is 55.5 Å². The average molecular weight is 251 g/mol. The summed E-state index contributed by atoms with van der Waals surface area (Å²) >= 11 is 0. The molecule has 0 radical (unpaired) electrons. The minimum Gasteiger partial charge on any atom is -0.468 e. The van der Waals surface area contributed by atoms with E-state index in [0.717, 1.165) is 31.9 Å². The molecule has 18 heavy (non-hydrogen) atoms. The van der Waals surface area contributed by atoms with Gasteiger partial charge >= 0.3 is 0 Å². The summed E-state index contributed by atoms with van der Waals surface area (Å²) in [5.74, 6) is 1.03. The number of carbonyl (C=O) groups is 1. The van der Waals surface area contributed by atoms with Crippen LogP contribution in [0.4, 0.5) is 0 Å². The highest BCUT2D eigenvalue weighted by atomic mass is 16.3. The van der Waals surface area contributed by atoms with Gasteiger partial charge in [-0.2, -0.15) is 0 Å². The lowest BCUT2D eigenvalue weighted by Gasteiger charge is -2.32. The van der Waals surface area contributed by atoms with Gasteiger partial charge in [-0.1, -0.05) is 0 Å². The Kier molecular flexibility index (Phi) is 4.38. The summed E-state index contributed by atoms with van der Waals surface area (Å²) in [6, 6.07) is 3.84. The lowest BCUT2D eigenvalue weighted by atomic mass is 10.2. The topological polar surface area (TPSA) is 48.7 Å². The number of amides is 1. The molecule has 1 saturated heterocycles. The Morgan fingerprint density at radius 1 is 1.44 bits per heavy atom. The van der Waals surface area contributed by atoms with Crippen LogP contribution in [0.5, 0.6) is 0 Å². The molecule has 2 heterocycles. The molecule has 1 atom stereocenters. The molecular weight excluding hydrogens is 230 g/mol. The molecule has 2 rings (SSSR count). The van der Waals surface area contributed by atoms with Gasteiger partial charge in [0.15, 0.2) is 0 Å². The van der Waals surface area contributed by atoms with E-state index >= 15 is 0 Å². The van der Waals surface area contributed by atoms with Crippen LogP contribution in [0.15, 0.2) is 22.8 Å². The highest BCUT2D eigenvalue weighted by molar-refractivity contribution is 5.78. The molecular formula is C13H21N3O2. The largest absolute Gasteiger partial charge is 0.468 e. The summed E-state index contributed by atoms with van der Waals surface area (Å²) in [6.45, 7) is 5.93. The third-order valence-corrected chi connectivity index (χ3v) is 3.39.